The van der Waals surface area contributed by atoms with Gasteiger partial charge in [-0.2, -0.15) is 0 Å². The van der Waals surface area contributed by atoms with Crippen LogP contribution in [0.4, 0.5) is 0 Å². The molecule has 4 heteroatoms. The van der Waals surface area contributed by atoms with E-state index in [1.165, 1.54) is 11.1 Å². The molecule has 0 heterocycles. The van der Waals surface area contributed by atoms with E-state index in [0.29, 0.717) is 31.1 Å². The summed E-state index contributed by atoms with van der Waals surface area (Å²) in [5, 5.41) is 30.6. The number of carbonyl (C=O) groups excluding carboxylic acids is 1. The summed E-state index contributed by atoms with van der Waals surface area (Å²) in [7, 11) is 0. The van der Waals surface area contributed by atoms with Crippen molar-refractivity contribution >= 4 is 5.78 Å². The van der Waals surface area contributed by atoms with E-state index in [9.17, 15) is 20.1 Å². The van der Waals surface area contributed by atoms with Crippen molar-refractivity contribution in [3.05, 3.63) is 23.3 Å². The van der Waals surface area contributed by atoms with Gasteiger partial charge in [-0.25, -0.2) is 0 Å². The van der Waals surface area contributed by atoms with Crippen molar-refractivity contribution in [1.82, 2.24) is 0 Å². The predicted octanol–water partition coefficient (Wildman–Crippen LogP) is 3.16. The van der Waals surface area contributed by atoms with E-state index in [4.69, 9.17) is 0 Å². The Kier molecular flexibility index (Phi) is 4.89. The third kappa shape index (κ3) is 3.14. The van der Waals surface area contributed by atoms with E-state index in [0.717, 1.165) is 32.1 Å². The van der Waals surface area contributed by atoms with E-state index in [1.54, 1.807) is 0 Å². The van der Waals surface area contributed by atoms with Gasteiger partial charge >= 0.3 is 0 Å². The van der Waals surface area contributed by atoms with Gasteiger partial charge in [-0.15, -0.1) is 0 Å². The smallest absolute Gasteiger partial charge is 0.159 e. The molecule has 0 aromatic rings. The normalized spacial score (nSPS) is 43.6. The average Bonchev–Trinajstić information content (AvgIpc) is 2.76. The van der Waals surface area contributed by atoms with Crippen molar-refractivity contribution in [2.24, 2.45) is 29.1 Å². The Hall–Kier alpha value is -0.970. The van der Waals surface area contributed by atoms with Crippen molar-refractivity contribution < 1.29 is 20.1 Å². The Balaban J connectivity index is 1.69. The number of hydrogen-bond acceptors (Lipinski definition) is 4. The molecular weight excluding hydrogens is 340 g/mol. The number of hydrogen-bond donors (Lipinski definition) is 3. The summed E-state index contributed by atoms with van der Waals surface area (Å²) in [6.45, 7) is 4.18. The molecule has 2 bridgehead atoms. The molecule has 0 aromatic carbocycles. The van der Waals surface area contributed by atoms with Gasteiger partial charge in [0.05, 0.1) is 11.7 Å². The van der Waals surface area contributed by atoms with Gasteiger partial charge in [-0.1, -0.05) is 24.1 Å². The first kappa shape index (κ1) is 19.4. The van der Waals surface area contributed by atoms with Crippen LogP contribution in [0.5, 0.6) is 0 Å². The van der Waals surface area contributed by atoms with Crippen LogP contribution in [0.3, 0.4) is 0 Å². The Morgan fingerprint density at radius 1 is 1.30 bits per heavy atom. The topological polar surface area (TPSA) is 77.8 Å². The van der Waals surface area contributed by atoms with Gasteiger partial charge in [-0.05, 0) is 81.6 Å². The van der Waals surface area contributed by atoms with Crippen molar-refractivity contribution in [3.8, 4) is 0 Å². The zero-order valence-electron chi connectivity index (χ0n) is 16.7. The Bertz CT molecular complexity index is 676. The second kappa shape index (κ2) is 6.82. The lowest BCUT2D eigenvalue weighted by molar-refractivity contribution is -0.119. The second-order valence-corrected chi connectivity index (χ2v) is 9.96. The zero-order chi connectivity index (χ0) is 19.4. The molecule has 4 rings (SSSR count). The maximum absolute atomic E-state index is 13.0. The molecule has 0 aromatic heterocycles. The van der Waals surface area contributed by atoms with Crippen LogP contribution in [0, 0.1) is 29.1 Å². The molecule has 0 radical (unpaired) electrons. The highest BCUT2D eigenvalue weighted by atomic mass is 16.3. The summed E-state index contributed by atoms with van der Waals surface area (Å²) >= 11 is 0. The molecule has 0 spiro atoms. The highest BCUT2D eigenvalue weighted by Crippen LogP contribution is 2.63. The molecule has 0 unspecified atom stereocenters. The van der Waals surface area contributed by atoms with Gasteiger partial charge in [0.15, 0.2) is 5.78 Å². The van der Waals surface area contributed by atoms with Crippen LogP contribution in [0.25, 0.3) is 0 Å². The van der Waals surface area contributed by atoms with Crippen LogP contribution in [0.2, 0.25) is 0 Å². The molecule has 4 aliphatic rings. The van der Waals surface area contributed by atoms with Crippen molar-refractivity contribution in [1.29, 1.82) is 0 Å². The van der Waals surface area contributed by atoms with E-state index in [2.05, 4.69) is 13.0 Å². The summed E-state index contributed by atoms with van der Waals surface area (Å²) in [5.74, 6) is 0.938. The molecule has 0 aliphatic heterocycles. The van der Waals surface area contributed by atoms with Gasteiger partial charge in [0, 0.05) is 18.4 Å². The lowest BCUT2D eigenvalue weighted by Crippen LogP contribution is -2.47. The molecule has 150 valence electrons. The van der Waals surface area contributed by atoms with Crippen LogP contribution in [0.1, 0.15) is 65.2 Å². The predicted molar refractivity (Wildman–Crippen MR) is 104 cm³/mol. The molecular formula is C23H34O4. The first-order valence-corrected chi connectivity index (χ1v) is 10.7. The summed E-state index contributed by atoms with van der Waals surface area (Å²) in [6, 6.07) is 0. The molecule has 2 fully saturated rings. The standard InChI is InChI=1S/C23H34O4/c1-22-8-7-17-14-3-4-16(25)12-15(11-14)20(26)13-18(17)19(22)5-6-21(22)23(2,27)9-10-24/h3,13,15-17,19,21,24-25,27H,4-12H2,1-2H3/t15-,16+,17-,19+,21+,22+,23+/m1/s1. The molecule has 7 atom stereocenters. The number of carbonyl (C=O) groups is 1. The minimum atomic E-state index is -0.864. The largest absolute Gasteiger partial charge is 0.396 e. The molecule has 4 nitrogen and oxygen atoms in total. The molecule has 2 saturated carbocycles. The lowest BCUT2D eigenvalue weighted by Gasteiger charge is -2.49. The van der Waals surface area contributed by atoms with Gasteiger partial charge in [0.1, 0.15) is 0 Å². The molecule has 27 heavy (non-hydrogen) atoms. The third-order valence-corrected chi connectivity index (χ3v) is 8.33. The first-order chi connectivity index (χ1) is 12.8. The van der Waals surface area contributed by atoms with E-state index in [1.807, 2.05) is 13.0 Å². The van der Waals surface area contributed by atoms with Crippen molar-refractivity contribution in [3.63, 3.8) is 0 Å². The van der Waals surface area contributed by atoms with Crippen LogP contribution in [-0.2, 0) is 4.79 Å². The fourth-order valence-corrected chi connectivity index (χ4v) is 6.97. The second-order valence-electron chi connectivity index (χ2n) is 9.96. The minimum absolute atomic E-state index is 0.00491. The van der Waals surface area contributed by atoms with Crippen LogP contribution in [0.15, 0.2) is 23.3 Å². The van der Waals surface area contributed by atoms with Gasteiger partial charge in [-0.3, -0.25) is 4.79 Å². The van der Waals surface area contributed by atoms with E-state index < -0.39 is 11.7 Å². The van der Waals surface area contributed by atoms with Crippen LogP contribution < -0.4 is 0 Å². The monoisotopic (exact) mass is 374 g/mol. The SMILES string of the molecule is C[C@]12CC[C@@H]3C4=CC[C@H](O)C[C@@H](C4)C(=O)C=C3[C@@H]1CC[C@@H]2[C@@](C)(O)CCO. The maximum atomic E-state index is 13.0. The van der Waals surface area contributed by atoms with Gasteiger partial charge < -0.3 is 15.3 Å². The van der Waals surface area contributed by atoms with Gasteiger partial charge in [0.2, 0.25) is 0 Å². The summed E-state index contributed by atoms with van der Waals surface area (Å²) in [4.78, 5) is 13.0. The summed E-state index contributed by atoms with van der Waals surface area (Å²) in [5.41, 5.74) is 1.77. The third-order valence-electron chi connectivity index (χ3n) is 8.33. The Morgan fingerprint density at radius 2 is 2.07 bits per heavy atom. The van der Waals surface area contributed by atoms with Gasteiger partial charge in [0.25, 0.3) is 0 Å². The first-order valence-electron chi connectivity index (χ1n) is 10.7. The Morgan fingerprint density at radius 3 is 2.81 bits per heavy atom. The van der Waals surface area contributed by atoms with Crippen LogP contribution >= 0.6 is 0 Å². The summed E-state index contributed by atoms with van der Waals surface area (Å²) in [6.07, 6.45) is 10.2. The Labute approximate surface area is 162 Å². The molecule has 0 saturated heterocycles. The molecule has 3 N–H and O–H groups in total. The quantitative estimate of drug-likeness (QED) is 0.663. The maximum Gasteiger partial charge on any atom is 0.159 e. The minimum Gasteiger partial charge on any atom is -0.396 e. The van der Waals surface area contributed by atoms with E-state index >= 15 is 0 Å². The zero-order valence-corrected chi connectivity index (χ0v) is 16.7. The number of allylic oxidation sites excluding steroid dienone is 3. The molecule has 0 amide bonds. The lowest BCUT2D eigenvalue weighted by atomic mass is 9.56. The van der Waals surface area contributed by atoms with Crippen molar-refractivity contribution in [2.75, 3.05) is 6.61 Å². The number of aliphatic hydroxyl groups is 3. The fraction of sp³-hybridized carbons (Fsp3) is 0.783. The number of rotatable bonds is 3. The van der Waals surface area contributed by atoms with Crippen molar-refractivity contribution in [2.45, 2.75) is 76.9 Å². The summed E-state index contributed by atoms with van der Waals surface area (Å²) < 4.78 is 0. The number of aliphatic hydroxyl groups excluding tert-OH is 2. The van der Waals surface area contributed by atoms with Crippen LogP contribution in [-0.4, -0.2) is 39.4 Å². The number of fused-ring (bicyclic) bond motifs is 6. The average molecular weight is 375 g/mol. The highest BCUT2D eigenvalue weighted by molar-refractivity contribution is 5.93. The highest BCUT2D eigenvalue weighted by Gasteiger charge is 2.57. The number of ketones is 1. The molecule has 4 aliphatic carbocycles. The van der Waals surface area contributed by atoms with E-state index in [-0.39, 0.29) is 29.6 Å². The fourth-order valence-electron chi connectivity index (χ4n) is 6.97.